The monoisotopic (exact) mass is 383 g/mol. The van der Waals surface area contributed by atoms with Gasteiger partial charge in [-0.1, -0.05) is 12.1 Å². The molecule has 0 unspecified atom stereocenters. The molecule has 144 valence electrons. The van der Waals surface area contributed by atoms with Gasteiger partial charge in [0.05, 0.1) is 17.6 Å². The Morgan fingerprint density at radius 1 is 1.29 bits per heavy atom. The summed E-state index contributed by atoms with van der Waals surface area (Å²) in [5.41, 5.74) is 0.870. The highest BCUT2D eigenvalue weighted by Gasteiger charge is 2.75. The molecule has 1 amide bonds. The number of alkyl halides is 2. The van der Waals surface area contributed by atoms with Gasteiger partial charge in [-0.25, -0.2) is 4.98 Å². The SMILES string of the molecule is N#C[C@]1(c2ccc3cnc(NC(=O)C4CC(OC(F)F)C4)cc3c2)CC12CC2. The number of benzene rings is 1. The first-order valence-electron chi connectivity index (χ1n) is 9.51. The van der Waals surface area contributed by atoms with E-state index in [2.05, 4.69) is 21.1 Å². The minimum Gasteiger partial charge on any atom is -0.320 e. The van der Waals surface area contributed by atoms with E-state index in [0.29, 0.717) is 18.7 Å². The second kappa shape index (κ2) is 5.95. The van der Waals surface area contributed by atoms with Gasteiger partial charge in [-0.05, 0) is 60.6 Å². The van der Waals surface area contributed by atoms with Gasteiger partial charge in [0.1, 0.15) is 5.82 Å². The number of rotatable bonds is 5. The molecule has 0 radical (unpaired) electrons. The van der Waals surface area contributed by atoms with E-state index in [4.69, 9.17) is 0 Å². The number of amides is 1. The number of nitrogens with zero attached hydrogens (tertiary/aromatic N) is 2. The van der Waals surface area contributed by atoms with E-state index in [1.165, 1.54) is 0 Å². The molecule has 1 heterocycles. The van der Waals surface area contributed by atoms with Crippen molar-refractivity contribution in [1.82, 2.24) is 4.98 Å². The number of carbonyl (C=O) groups is 1. The summed E-state index contributed by atoms with van der Waals surface area (Å²) in [5.74, 6) is -0.142. The van der Waals surface area contributed by atoms with E-state index < -0.39 is 12.7 Å². The van der Waals surface area contributed by atoms with E-state index in [1.54, 1.807) is 12.3 Å². The van der Waals surface area contributed by atoms with Crippen molar-refractivity contribution in [2.75, 3.05) is 5.32 Å². The average molecular weight is 383 g/mol. The van der Waals surface area contributed by atoms with E-state index in [1.807, 2.05) is 18.2 Å². The Kier molecular flexibility index (Phi) is 3.72. The van der Waals surface area contributed by atoms with Gasteiger partial charge < -0.3 is 10.1 Å². The summed E-state index contributed by atoms with van der Waals surface area (Å²) in [6, 6.07) is 10.3. The summed E-state index contributed by atoms with van der Waals surface area (Å²) < 4.78 is 28.8. The molecule has 1 N–H and O–H groups in total. The van der Waals surface area contributed by atoms with Crippen molar-refractivity contribution in [3.05, 3.63) is 36.0 Å². The molecule has 3 aliphatic rings. The Hall–Kier alpha value is -2.59. The third kappa shape index (κ3) is 2.67. The first-order chi connectivity index (χ1) is 13.4. The van der Waals surface area contributed by atoms with Crippen molar-refractivity contribution in [2.24, 2.45) is 11.3 Å². The number of nitrogens with one attached hydrogen (secondary N) is 1. The van der Waals surface area contributed by atoms with E-state index in [-0.39, 0.29) is 22.7 Å². The van der Waals surface area contributed by atoms with Gasteiger partial charge in [-0.2, -0.15) is 14.0 Å². The lowest BCUT2D eigenvalue weighted by molar-refractivity contribution is -0.191. The van der Waals surface area contributed by atoms with E-state index in [9.17, 15) is 18.8 Å². The van der Waals surface area contributed by atoms with E-state index >= 15 is 0 Å². The Bertz CT molecular complexity index is 1010. The predicted octanol–water partition coefficient (Wildman–Crippen LogP) is 4.14. The van der Waals surface area contributed by atoms with Crippen LogP contribution in [0.4, 0.5) is 14.6 Å². The number of anilines is 1. The first-order valence-corrected chi connectivity index (χ1v) is 9.51. The summed E-state index contributed by atoms with van der Waals surface area (Å²) >= 11 is 0. The highest BCUT2D eigenvalue weighted by Crippen LogP contribution is 2.78. The molecule has 1 atom stereocenters. The van der Waals surface area contributed by atoms with Crippen LogP contribution in [0.1, 0.15) is 37.7 Å². The Morgan fingerprint density at radius 2 is 2.07 bits per heavy atom. The number of aromatic nitrogens is 1. The molecule has 5 rings (SSSR count). The lowest BCUT2D eigenvalue weighted by Gasteiger charge is -2.33. The zero-order valence-electron chi connectivity index (χ0n) is 15.1. The van der Waals surface area contributed by atoms with Crippen LogP contribution < -0.4 is 5.32 Å². The molecular weight excluding hydrogens is 364 g/mol. The molecule has 5 nitrogen and oxygen atoms in total. The van der Waals surface area contributed by atoms with Gasteiger partial charge in [0.2, 0.25) is 5.91 Å². The van der Waals surface area contributed by atoms with Gasteiger partial charge >= 0.3 is 6.61 Å². The number of fused-ring (bicyclic) bond motifs is 1. The molecule has 0 aliphatic heterocycles. The highest BCUT2D eigenvalue weighted by molar-refractivity contribution is 5.94. The summed E-state index contributed by atoms with van der Waals surface area (Å²) in [4.78, 5) is 16.6. The van der Waals surface area contributed by atoms with Crippen molar-refractivity contribution >= 4 is 22.5 Å². The second-order valence-electron chi connectivity index (χ2n) is 8.28. The van der Waals surface area contributed by atoms with Crippen LogP contribution in [0.25, 0.3) is 10.8 Å². The van der Waals surface area contributed by atoms with Crippen LogP contribution in [0, 0.1) is 22.7 Å². The summed E-state index contributed by atoms with van der Waals surface area (Å²) in [7, 11) is 0. The quantitative estimate of drug-likeness (QED) is 0.842. The lowest BCUT2D eigenvalue weighted by Crippen LogP contribution is -2.40. The van der Waals surface area contributed by atoms with Crippen molar-refractivity contribution in [1.29, 1.82) is 5.26 Å². The highest BCUT2D eigenvalue weighted by atomic mass is 19.3. The molecule has 0 saturated heterocycles. The average Bonchev–Trinajstić information content (AvgIpc) is 3.55. The fourth-order valence-corrected chi connectivity index (χ4v) is 4.59. The van der Waals surface area contributed by atoms with Crippen LogP contribution in [-0.2, 0) is 14.9 Å². The van der Waals surface area contributed by atoms with Crippen LogP contribution in [-0.4, -0.2) is 23.6 Å². The first kappa shape index (κ1) is 17.5. The lowest BCUT2D eigenvalue weighted by atomic mass is 9.81. The molecule has 0 bridgehead atoms. The van der Waals surface area contributed by atoms with E-state index in [0.717, 1.165) is 35.6 Å². The third-order valence-electron chi connectivity index (χ3n) is 6.66. The van der Waals surface area contributed by atoms with Gasteiger partial charge in [0.15, 0.2) is 0 Å². The molecular formula is C21H19F2N3O2. The zero-order chi connectivity index (χ0) is 19.5. The summed E-state index contributed by atoms with van der Waals surface area (Å²) in [6.07, 6.45) is 4.89. The number of carbonyl (C=O) groups excluding carboxylic acids is 1. The minimum atomic E-state index is -2.80. The standard InChI is InChI=1S/C21H19F2N3O2/c22-19(23)28-16-6-14(7-16)18(27)26-17-8-13-5-15(2-1-12(13)9-25-17)21(11-24)10-20(21)3-4-20/h1-2,5,8-9,14,16,19H,3-4,6-7,10H2,(H,25,26,27)/t14?,16?,21-/m0/s1. The molecule has 3 aliphatic carbocycles. The fourth-order valence-electron chi connectivity index (χ4n) is 4.59. The van der Waals surface area contributed by atoms with Crippen LogP contribution in [0.15, 0.2) is 30.5 Å². The number of hydrogen-bond acceptors (Lipinski definition) is 4. The fraction of sp³-hybridized carbons (Fsp3) is 0.476. The molecule has 1 aromatic heterocycles. The Morgan fingerprint density at radius 3 is 2.71 bits per heavy atom. The molecule has 1 spiro atoms. The maximum atomic E-state index is 12.3. The molecule has 1 aromatic carbocycles. The van der Waals surface area contributed by atoms with Crippen molar-refractivity contribution in [3.63, 3.8) is 0 Å². The van der Waals surface area contributed by atoms with Gasteiger partial charge in [0, 0.05) is 17.5 Å². The maximum absolute atomic E-state index is 12.3. The zero-order valence-corrected chi connectivity index (χ0v) is 15.1. The number of pyridine rings is 1. The van der Waals surface area contributed by atoms with Crippen LogP contribution in [0.3, 0.4) is 0 Å². The van der Waals surface area contributed by atoms with Gasteiger partial charge in [-0.15, -0.1) is 0 Å². The molecule has 3 fully saturated rings. The minimum absolute atomic E-state index is 0.195. The molecule has 7 heteroatoms. The van der Waals surface area contributed by atoms with Crippen LogP contribution >= 0.6 is 0 Å². The number of nitriles is 1. The molecule has 2 aromatic rings. The number of halogens is 2. The second-order valence-corrected chi connectivity index (χ2v) is 8.28. The molecule has 28 heavy (non-hydrogen) atoms. The third-order valence-corrected chi connectivity index (χ3v) is 6.66. The van der Waals surface area contributed by atoms with Crippen molar-refractivity contribution in [2.45, 2.75) is 50.2 Å². The Balaban J connectivity index is 1.31. The van der Waals surface area contributed by atoms with Gasteiger partial charge in [-0.3, -0.25) is 4.79 Å². The normalized spacial score (nSPS) is 29.4. The number of hydrogen-bond donors (Lipinski definition) is 1. The molecule has 3 saturated carbocycles. The Labute approximate surface area is 160 Å². The van der Waals surface area contributed by atoms with Crippen LogP contribution in [0.5, 0.6) is 0 Å². The van der Waals surface area contributed by atoms with Crippen molar-refractivity contribution < 1.29 is 18.3 Å². The topological polar surface area (TPSA) is 75.0 Å². The maximum Gasteiger partial charge on any atom is 0.345 e. The summed E-state index contributed by atoms with van der Waals surface area (Å²) in [5, 5.41) is 14.4. The number of ether oxygens (including phenoxy) is 1. The van der Waals surface area contributed by atoms with Gasteiger partial charge in [0.25, 0.3) is 0 Å². The van der Waals surface area contributed by atoms with Crippen molar-refractivity contribution in [3.8, 4) is 6.07 Å². The largest absolute Gasteiger partial charge is 0.345 e. The summed E-state index contributed by atoms with van der Waals surface area (Å²) in [6.45, 7) is -2.80. The predicted molar refractivity (Wildman–Crippen MR) is 97.5 cm³/mol. The van der Waals surface area contributed by atoms with Crippen LogP contribution in [0.2, 0.25) is 0 Å². The smallest absolute Gasteiger partial charge is 0.320 e.